The highest BCUT2D eigenvalue weighted by atomic mass is 32.1. The Labute approximate surface area is 120 Å². The highest BCUT2D eigenvalue weighted by Crippen LogP contribution is 2.25. The van der Waals surface area contributed by atoms with E-state index in [2.05, 4.69) is 22.5 Å². The molecule has 0 amide bonds. The molecule has 1 atom stereocenters. The van der Waals surface area contributed by atoms with E-state index in [1.165, 1.54) is 12.1 Å². The number of rotatable bonds is 4. The molecular formula is C13H13F2N3OS. The third-order valence-corrected chi connectivity index (χ3v) is 2.95. The first-order valence-electron chi connectivity index (χ1n) is 5.86. The lowest BCUT2D eigenvalue weighted by molar-refractivity contribution is 0.451. The van der Waals surface area contributed by atoms with Crippen molar-refractivity contribution in [3.63, 3.8) is 0 Å². The van der Waals surface area contributed by atoms with Gasteiger partial charge in [-0.05, 0) is 26.0 Å². The van der Waals surface area contributed by atoms with Crippen molar-refractivity contribution in [1.29, 1.82) is 0 Å². The zero-order valence-electron chi connectivity index (χ0n) is 10.9. The van der Waals surface area contributed by atoms with E-state index in [0.717, 1.165) is 0 Å². The largest absolute Gasteiger partial charge is 0.444 e. The number of thiocarbonyl (C=S) groups is 1. The molecule has 20 heavy (non-hydrogen) atoms. The second-order valence-electron chi connectivity index (χ2n) is 4.33. The molecule has 106 valence electrons. The average Bonchev–Trinajstić information content (AvgIpc) is 2.81. The first-order chi connectivity index (χ1) is 9.40. The Hall–Kier alpha value is -2.02. The molecule has 2 rings (SSSR count). The van der Waals surface area contributed by atoms with Gasteiger partial charge in [-0.2, -0.15) is 0 Å². The number of oxazole rings is 1. The lowest BCUT2D eigenvalue weighted by Gasteiger charge is -2.14. The van der Waals surface area contributed by atoms with Gasteiger partial charge in [0.25, 0.3) is 0 Å². The number of hydrogen-bond donors (Lipinski definition) is 2. The minimum Gasteiger partial charge on any atom is -0.444 e. The number of benzene rings is 1. The monoisotopic (exact) mass is 297 g/mol. The standard InChI is InChI=1S/C13H13F2N3OS/c1-6-5-17-13(19-6)7(2)18-9-4-3-8(12(16)20)10(14)11(9)15/h3-5,7,18H,1-2H3,(H2,16,20). The lowest BCUT2D eigenvalue weighted by Crippen LogP contribution is -2.15. The molecule has 1 unspecified atom stereocenters. The van der Waals surface area contributed by atoms with Crippen LogP contribution in [0.1, 0.15) is 30.2 Å². The Kier molecular flexibility index (Phi) is 3.99. The minimum atomic E-state index is -1.07. The second kappa shape index (κ2) is 5.54. The Morgan fingerprint density at radius 1 is 1.40 bits per heavy atom. The fourth-order valence-electron chi connectivity index (χ4n) is 1.72. The molecule has 0 fully saturated rings. The van der Waals surface area contributed by atoms with Crippen molar-refractivity contribution in [2.45, 2.75) is 19.9 Å². The Morgan fingerprint density at radius 2 is 2.10 bits per heavy atom. The Balaban J connectivity index is 2.26. The van der Waals surface area contributed by atoms with E-state index >= 15 is 0 Å². The van der Waals surface area contributed by atoms with Crippen LogP contribution >= 0.6 is 12.2 Å². The van der Waals surface area contributed by atoms with E-state index in [1.807, 2.05) is 0 Å². The predicted molar refractivity (Wildman–Crippen MR) is 75.5 cm³/mol. The molecule has 0 aliphatic carbocycles. The van der Waals surface area contributed by atoms with Crippen LogP contribution in [0.3, 0.4) is 0 Å². The molecule has 0 aliphatic heterocycles. The number of hydrogen-bond acceptors (Lipinski definition) is 4. The zero-order chi connectivity index (χ0) is 14.9. The zero-order valence-corrected chi connectivity index (χ0v) is 11.7. The summed E-state index contributed by atoms with van der Waals surface area (Å²) in [6.07, 6.45) is 1.56. The van der Waals surface area contributed by atoms with Crippen LogP contribution < -0.4 is 11.1 Å². The Morgan fingerprint density at radius 3 is 2.65 bits per heavy atom. The van der Waals surface area contributed by atoms with Crippen LogP contribution in [0, 0.1) is 18.6 Å². The average molecular weight is 297 g/mol. The number of nitrogens with one attached hydrogen (secondary N) is 1. The maximum absolute atomic E-state index is 13.9. The van der Waals surface area contributed by atoms with Gasteiger partial charge in [0.15, 0.2) is 11.6 Å². The summed E-state index contributed by atoms with van der Waals surface area (Å²) in [4.78, 5) is 3.83. The van der Waals surface area contributed by atoms with Gasteiger partial charge < -0.3 is 15.5 Å². The summed E-state index contributed by atoms with van der Waals surface area (Å²) in [5, 5.41) is 2.79. The van der Waals surface area contributed by atoms with Gasteiger partial charge in [0.05, 0.1) is 11.9 Å². The summed E-state index contributed by atoms with van der Waals surface area (Å²) < 4.78 is 33.0. The van der Waals surface area contributed by atoms with Crippen LogP contribution in [0.4, 0.5) is 14.5 Å². The summed E-state index contributed by atoms with van der Waals surface area (Å²) >= 11 is 4.65. The number of nitrogens with zero attached hydrogens (tertiary/aromatic N) is 1. The van der Waals surface area contributed by atoms with E-state index in [4.69, 9.17) is 10.2 Å². The molecule has 3 N–H and O–H groups in total. The maximum Gasteiger partial charge on any atom is 0.216 e. The van der Waals surface area contributed by atoms with E-state index in [0.29, 0.717) is 11.7 Å². The van der Waals surface area contributed by atoms with E-state index in [9.17, 15) is 8.78 Å². The van der Waals surface area contributed by atoms with Crippen molar-refractivity contribution in [3.05, 3.63) is 47.2 Å². The fourth-order valence-corrected chi connectivity index (χ4v) is 1.88. The molecule has 2 aromatic rings. The van der Waals surface area contributed by atoms with Gasteiger partial charge in [-0.15, -0.1) is 0 Å². The van der Waals surface area contributed by atoms with Gasteiger partial charge >= 0.3 is 0 Å². The lowest BCUT2D eigenvalue weighted by atomic mass is 10.1. The summed E-state index contributed by atoms with van der Waals surface area (Å²) in [5.41, 5.74) is 5.18. The van der Waals surface area contributed by atoms with Crippen molar-refractivity contribution in [2.75, 3.05) is 5.32 Å². The first-order valence-corrected chi connectivity index (χ1v) is 6.27. The van der Waals surface area contributed by atoms with Crippen molar-refractivity contribution in [3.8, 4) is 0 Å². The van der Waals surface area contributed by atoms with Gasteiger partial charge in [-0.1, -0.05) is 12.2 Å². The number of aryl methyl sites for hydroxylation is 1. The molecule has 0 aliphatic rings. The van der Waals surface area contributed by atoms with Gasteiger partial charge in [0.1, 0.15) is 16.8 Å². The molecular weight excluding hydrogens is 284 g/mol. The number of anilines is 1. The van der Waals surface area contributed by atoms with Gasteiger partial charge in [-0.3, -0.25) is 0 Å². The van der Waals surface area contributed by atoms with Crippen LogP contribution in [-0.4, -0.2) is 9.97 Å². The molecule has 1 aromatic carbocycles. The highest BCUT2D eigenvalue weighted by Gasteiger charge is 2.18. The van der Waals surface area contributed by atoms with E-state index in [-0.39, 0.29) is 16.2 Å². The van der Waals surface area contributed by atoms with Crippen LogP contribution in [0.5, 0.6) is 0 Å². The number of halogens is 2. The molecule has 0 saturated carbocycles. The van der Waals surface area contributed by atoms with E-state index in [1.54, 1.807) is 20.0 Å². The smallest absolute Gasteiger partial charge is 0.216 e. The highest BCUT2D eigenvalue weighted by molar-refractivity contribution is 7.80. The molecule has 7 heteroatoms. The molecule has 0 radical (unpaired) electrons. The molecule has 1 heterocycles. The Bertz CT molecular complexity index is 657. The summed E-state index contributed by atoms with van der Waals surface area (Å²) in [6, 6.07) is 2.30. The van der Waals surface area contributed by atoms with Crippen LogP contribution in [0.2, 0.25) is 0 Å². The maximum atomic E-state index is 13.9. The number of nitrogens with two attached hydrogens (primary N) is 1. The van der Waals surface area contributed by atoms with Crippen molar-refractivity contribution < 1.29 is 13.2 Å². The molecule has 0 bridgehead atoms. The van der Waals surface area contributed by atoms with Gasteiger partial charge in [0, 0.05) is 5.56 Å². The SMILES string of the molecule is Cc1cnc(C(C)Nc2ccc(C(N)=S)c(F)c2F)o1. The van der Waals surface area contributed by atoms with Gasteiger partial charge in [-0.25, -0.2) is 13.8 Å². The molecule has 0 spiro atoms. The quantitative estimate of drug-likeness (QED) is 0.849. The first kappa shape index (κ1) is 14.4. The van der Waals surface area contributed by atoms with Crippen molar-refractivity contribution >= 4 is 22.9 Å². The van der Waals surface area contributed by atoms with Gasteiger partial charge in [0.2, 0.25) is 5.89 Å². The molecule has 0 saturated heterocycles. The van der Waals surface area contributed by atoms with Crippen molar-refractivity contribution in [1.82, 2.24) is 4.98 Å². The van der Waals surface area contributed by atoms with Crippen LogP contribution in [0.25, 0.3) is 0 Å². The summed E-state index contributed by atoms with van der Waals surface area (Å²) in [7, 11) is 0. The minimum absolute atomic E-state index is 0.00847. The fraction of sp³-hybridized carbons (Fsp3) is 0.231. The number of aromatic nitrogens is 1. The summed E-state index contributed by atoms with van der Waals surface area (Å²) in [6.45, 7) is 3.48. The summed E-state index contributed by atoms with van der Waals surface area (Å²) in [5.74, 6) is -1.08. The second-order valence-corrected chi connectivity index (χ2v) is 4.77. The normalized spacial score (nSPS) is 12.2. The van der Waals surface area contributed by atoms with Crippen LogP contribution in [-0.2, 0) is 0 Å². The molecule has 4 nitrogen and oxygen atoms in total. The predicted octanol–water partition coefficient (Wildman–Crippen LogP) is 3.07. The van der Waals surface area contributed by atoms with Crippen LogP contribution in [0.15, 0.2) is 22.7 Å². The molecule has 1 aromatic heterocycles. The van der Waals surface area contributed by atoms with Crippen molar-refractivity contribution in [2.24, 2.45) is 5.73 Å². The third kappa shape index (κ3) is 2.77. The van der Waals surface area contributed by atoms with E-state index < -0.39 is 17.7 Å². The topological polar surface area (TPSA) is 64.1 Å². The third-order valence-electron chi connectivity index (χ3n) is 2.73.